The first-order valence-electron chi connectivity index (χ1n) is 10.9. The number of thiol groups is 1. The van der Waals surface area contributed by atoms with E-state index < -0.39 is 0 Å². The minimum absolute atomic E-state index is 0.00141. The molecular weight excluding hydrogens is 402 g/mol. The Morgan fingerprint density at radius 1 is 1.16 bits per heavy atom. The number of hydrogen-bond acceptors (Lipinski definition) is 3. The summed E-state index contributed by atoms with van der Waals surface area (Å²) < 4.78 is 7.76. The quantitative estimate of drug-likeness (QED) is 0.311. The van der Waals surface area contributed by atoms with Crippen LogP contribution in [-0.4, -0.2) is 25.4 Å². The highest BCUT2D eigenvalue weighted by Gasteiger charge is 2.43. The molecule has 3 aromatic rings. The number of nitrogens with zero attached hydrogens (tertiary/aromatic N) is 1. The van der Waals surface area contributed by atoms with Gasteiger partial charge in [0.05, 0.1) is 23.0 Å². The molecule has 0 bridgehead atoms. The maximum absolute atomic E-state index is 10.1. The molecule has 0 saturated carbocycles. The van der Waals surface area contributed by atoms with E-state index in [9.17, 15) is 5.11 Å². The fourth-order valence-corrected chi connectivity index (χ4v) is 5.43. The molecule has 0 aliphatic carbocycles. The van der Waals surface area contributed by atoms with Gasteiger partial charge in [-0.1, -0.05) is 51.6 Å². The van der Waals surface area contributed by atoms with Gasteiger partial charge >= 0.3 is 0 Å². The molecule has 4 heteroatoms. The van der Waals surface area contributed by atoms with Crippen LogP contribution in [0.5, 0.6) is 0 Å². The molecule has 4 rings (SSSR count). The van der Waals surface area contributed by atoms with Gasteiger partial charge in [-0.05, 0) is 45.9 Å². The van der Waals surface area contributed by atoms with Gasteiger partial charge in [-0.3, -0.25) is 0 Å². The van der Waals surface area contributed by atoms with Crippen molar-refractivity contribution in [2.45, 2.75) is 49.5 Å². The monoisotopic (exact) mass is 434 g/mol. The van der Waals surface area contributed by atoms with Crippen molar-refractivity contribution in [3.8, 4) is 11.3 Å². The SMILES string of the molecule is C=C(CO)C1C(CCOC)c2c(cc(C(C)(C)C)c3ccccc23)-c2c(S)ccc[n+]21. The number of aliphatic hydroxyl groups is 1. The van der Waals surface area contributed by atoms with Crippen molar-refractivity contribution in [1.29, 1.82) is 0 Å². The highest BCUT2D eigenvalue weighted by atomic mass is 32.1. The van der Waals surface area contributed by atoms with E-state index in [4.69, 9.17) is 17.4 Å². The second-order valence-electron chi connectivity index (χ2n) is 9.48. The molecule has 162 valence electrons. The van der Waals surface area contributed by atoms with E-state index in [0.717, 1.165) is 22.6 Å². The number of aliphatic hydroxyl groups excluding tert-OH is 1. The van der Waals surface area contributed by atoms with Crippen molar-refractivity contribution in [3.63, 3.8) is 0 Å². The van der Waals surface area contributed by atoms with Gasteiger partial charge in [-0.2, -0.15) is 4.57 Å². The Morgan fingerprint density at radius 2 is 1.87 bits per heavy atom. The van der Waals surface area contributed by atoms with Crippen LogP contribution in [0.25, 0.3) is 22.0 Å². The lowest BCUT2D eigenvalue weighted by atomic mass is 9.73. The molecule has 2 aromatic carbocycles. The molecule has 2 heterocycles. The second-order valence-corrected chi connectivity index (χ2v) is 9.96. The summed E-state index contributed by atoms with van der Waals surface area (Å²) in [6.45, 7) is 11.7. The number of ether oxygens (including phenoxy) is 1. The minimum Gasteiger partial charge on any atom is -0.392 e. The summed E-state index contributed by atoms with van der Waals surface area (Å²) in [7, 11) is 1.74. The Labute approximate surface area is 190 Å². The number of fused-ring (bicyclic) bond motifs is 5. The van der Waals surface area contributed by atoms with Crippen molar-refractivity contribution in [2.24, 2.45) is 0 Å². The molecule has 1 aromatic heterocycles. The van der Waals surface area contributed by atoms with Gasteiger partial charge in [0.25, 0.3) is 0 Å². The summed E-state index contributed by atoms with van der Waals surface area (Å²) in [4.78, 5) is 0.930. The smallest absolute Gasteiger partial charge is 0.226 e. The summed E-state index contributed by atoms with van der Waals surface area (Å²) in [5.74, 6) is 0.140. The number of methoxy groups -OCH3 is 1. The Bertz CT molecular complexity index is 1150. The third-order valence-corrected chi connectivity index (χ3v) is 6.82. The molecule has 0 amide bonds. The molecule has 2 unspecified atom stereocenters. The number of benzene rings is 2. The average molecular weight is 435 g/mol. The van der Waals surface area contributed by atoms with Gasteiger partial charge in [0.2, 0.25) is 5.69 Å². The first kappa shape index (κ1) is 22.1. The van der Waals surface area contributed by atoms with Crippen molar-refractivity contribution >= 4 is 23.4 Å². The highest BCUT2D eigenvalue weighted by molar-refractivity contribution is 7.80. The van der Waals surface area contributed by atoms with E-state index in [1.165, 1.54) is 27.5 Å². The molecule has 0 radical (unpaired) electrons. The molecule has 3 nitrogen and oxygen atoms in total. The van der Waals surface area contributed by atoms with Crippen LogP contribution >= 0.6 is 12.6 Å². The molecule has 2 atom stereocenters. The first-order chi connectivity index (χ1) is 14.8. The van der Waals surface area contributed by atoms with Crippen LogP contribution < -0.4 is 4.57 Å². The number of pyridine rings is 1. The van der Waals surface area contributed by atoms with Crippen molar-refractivity contribution in [1.82, 2.24) is 0 Å². The Kier molecular flexibility index (Phi) is 5.99. The molecule has 1 aliphatic rings. The lowest BCUT2D eigenvalue weighted by Gasteiger charge is -2.34. The van der Waals surface area contributed by atoms with Gasteiger partial charge in [0.15, 0.2) is 12.2 Å². The standard InChI is InChI=1S/C27H31NO2S/c1-17(16-29)25-20(12-14-30-5)24-19-10-7-6-9-18(19)22(27(2,3)4)15-21(24)26-23(31)11-8-13-28(25)26/h6-11,13,15,20,25,29H,1,12,14,16H2,2-5H3/p+1. The lowest BCUT2D eigenvalue weighted by Crippen LogP contribution is -2.49. The van der Waals surface area contributed by atoms with E-state index in [-0.39, 0.29) is 24.0 Å². The Morgan fingerprint density at radius 3 is 2.52 bits per heavy atom. The summed E-state index contributed by atoms with van der Waals surface area (Å²) in [5.41, 5.74) is 5.75. The summed E-state index contributed by atoms with van der Waals surface area (Å²) >= 11 is 4.86. The van der Waals surface area contributed by atoms with Crippen LogP contribution in [0.4, 0.5) is 0 Å². The molecule has 31 heavy (non-hydrogen) atoms. The topological polar surface area (TPSA) is 33.3 Å². The highest BCUT2D eigenvalue weighted by Crippen LogP contribution is 2.49. The fourth-order valence-electron chi connectivity index (χ4n) is 5.11. The summed E-state index contributed by atoms with van der Waals surface area (Å²) in [5, 5.41) is 12.6. The van der Waals surface area contributed by atoms with Crippen LogP contribution in [0.1, 0.15) is 50.3 Å². The van der Waals surface area contributed by atoms with E-state index in [1.807, 2.05) is 12.1 Å². The zero-order valence-corrected chi connectivity index (χ0v) is 19.7. The molecule has 1 N–H and O–H groups in total. The van der Waals surface area contributed by atoms with Gasteiger partial charge in [0.1, 0.15) is 0 Å². The molecule has 1 aliphatic heterocycles. The predicted molar refractivity (Wildman–Crippen MR) is 130 cm³/mol. The maximum Gasteiger partial charge on any atom is 0.226 e. The maximum atomic E-state index is 10.1. The Hall–Kier alpha value is -2.14. The second kappa shape index (κ2) is 8.42. The average Bonchev–Trinajstić information content (AvgIpc) is 2.75. The van der Waals surface area contributed by atoms with Crippen LogP contribution in [0, 0.1) is 0 Å². The largest absolute Gasteiger partial charge is 0.392 e. The van der Waals surface area contributed by atoms with Crippen molar-refractivity contribution < 1.29 is 14.4 Å². The molecule has 0 fully saturated rings. The van der Waals surface area contributed by atoms with E-state index in [0.29, 0.717) is 6.61 Å². The van der Waals surface area contributed by atoms with Crippen LogP contribution in [0.3, 0.4) is 0 Å². The van der Waals surface area contributed by atoms with Crippen molar-refractivity contribution in [3.05, 3.63) is 71.9 Å². The summed E-state index contributed by atoms with van der Waals surface area (Å²) in [6, 6.07) is 15.1. The third kappa shape index (κ3) is 3.71. The van der Waals surface area contributed by atoms with Gasteiger partial charge in [-0.15, -0.1) is 12.6 Å². The zero-order valence-electron chi connectivity index (χ0n) is 18.9. The Balaban J connectivity index is 2.15. The van der Waals surface area contributed by atoms with Crippen molar-refractivity contribution in [2.75, 3.05) is 20.3 Å². The third-order valence-electron chi connectivity index (χ3n) is 6.46. The number of aromatic nitrogens is 1. The minimum atomic E-state index is -0.0568. The molecule has 0 spiro atoms. The number of hydrogen-bond donors (Lipinski definition) is 2. The lowest BCUT2D eigenvalue weighted by molar-refractivity contribution is -0.711. The first-order valence-corrected chi connectivity index (χ1v) is 11.3. The van der Waals surface area contributed by atoms with Crippen LogP contribution in [0.2, 0.25) is 0 Å². The number of rotatable bonds is 5. The summed E-state index contributed by atoms with van der Waals surface area (Å²) in [6.07, 6.45) is 2.94. The molecular formula is C27H32NO2S+. The van der Waals surface area contributed by atoms with Crippen LogP contribution in [-0.2, 0) is 10.2 Å². The van der Waals surface area contributed by atoms with Gasteiger partial charge in [-0.25, -0.2) is 0 Å². The van der Waals surface area contributed by atoms with Gasteiger partial charge in [0, 0.05) is 25.4 Å². The van der Waals surface area contributed by atoms with Crippen LogP contribution in [0.15, 0.2) is 65.7 Å². The van der Waals surface area contributed by atoms with E-state index in [1.54, 1.807) is 7.11 Å². The van der Waals surface area contributed by atoms with Gasteiger partial charge < -0.3 is 9.84 Å². The zero-order chi connectivity index (χ0) is 22.3. The molecule has 0 saturated heterocycles. The fraction of sp³-hybridized carbons (Fsp3) is 0.370. The van der Waals surface area contributed by atoms with E-state index in [2.05, 4.69) is 68.4 Å². The predicted octanol–water partition coefficient (Wildman–Crippen LogP) is 5.60. The van der Waals surface area contributed by atoms with E-state index >= 15 is 0 Å². The normalized spacial score (nSPS) is 18.0.